The molecule has 0 unspecified atom stereocenters. The van der Waals surface area contributed by atoms with Crippen LogP contribution in [0.25, 0.3) is 0 Å². The molecule has 2 aromatic heterocycles. The van der Waals surface area contributed by atoms with Crippen LogP contribution in [0.2, 0.25) is 0 Å². The molecule has 1 saturated heterocycles. The highest BCUT2D eigenvalue weighted by molar-refractivity contribution is 5.62. The van der Waals surface area contributed by atoms with Crippen molar-refractivity contribution in [1.29, 1.82) is 0 Å². The van der Waals surface area contributed by atoms with Crippen LogP contribution >= 0.6 is 0 Å². The summed E-state index contributed by atoms with van der Waals surface area (Å²) in [5, 5.41) is 27.7. The molecule has 188 valence electrons. The monoisotopic (exact) mass is 497 g/mol. The van der Waals surface area contributed by atoms with E-state index in [0.29, 0.717) is 5.69 Å². The van der Waals surface area contributed by atoms with Crippen molar-refractivity contribution >= 4 is 34.4 Å². The van der Waals surface area contributed by atoms with Crippen molar-refractivity contribution in [3.8, 4) is 5.75 Å². The van der Waals surface area contributed by atoms with Crippen LogP contribution in [0.4, 0.5) is 34.4 Å². The number of hydrogen-bond acceptors (Lipinski definition) is 7. The van der Waals surface area contributed by atoms with Gasteiger partial charge in [-0.3, -0.25) is 0 Å². The molecule has 0 radical (unpaired) electrons. The fraction of sp³-hybridized carbons (Fsp3) is 0.259. The van der Waals surface area contributed by atoms with E-state index in [4.69, 9.17) is 0 Å². The van der Waals surface area contributed by atoms with Gasteiger partial charge in [-0.25, -0.2) is 13.7 Å². The average Bonchev–Trinajstić information content (AvgIpc) is 3.24. The second-order valence-electron chi connectivity index (χ2n) is 9.11. The van der Waals surface area contributed by atoms with E-state index >= 15 is 0 Å². The van der Waals surface area contributed by atoms with Crippen molar-refractivity contribution in [2.45, 2.75) is 0 Å². The van der Waals surface area contributed by atoms with Gasteiger partial charge in [0.15, 0.2) is 12.4 Å². The lowest BCUT2D eigenvalue weighted by molar-refractivity contribution is -0.670. The molecule has 37 heavy (non-hydrogen) atoms. The quantitative estimate of drug-likeness (QED) is 0.313. The maximum Gasteiger partial charge on any atom is 0.421 e. The molecule has 0 bridgehead atoms. The summed E-state index contributed by atoms with van der Waals surface area (Å²) in [6, 6.07) is 17.5. The molecular formula is C27H31N9O+2. The predicted molar refractivity (Wildman–Crippen MR) is 142 cm³/mol. The molecule has 5 rings (SSSR count). The SMILES string of the molecule is Cn1cc[n+](C)c1N=Nc1ccc(N2CCN(c3ccc(N=Nc4ccc[n+](C)c4)c(O)c3)CC2)cc1. The Labute approximate surface area is 216 Å². The maximum absolute atomic E-state index is 10.5. The molecule has 2 aromatic carbocycles. The fourth-order valence-electron chi connectivity index (χ4n) is 4.31. The number of nitrogens with zero attached hydrogens (tertiary/aromatic N) is 9. The number of rotatable bonds is 6. The van der Waals surface area contributed by atoms with Gasteiger partial charge in [-0.15, -0.1) is 10.2 Å². The Kier molecular flexibility index (Phi) is 6.89. The highest BCUT2D eigenvalue weighted by atomic mass is 16.3. The largest absolute Gasteiger partial charge is 0.506 e. The van der Waals surface area contributed by atoms with Gasteiger partial charge < -0.3 is 14.9 Å². The minimum Gasteiger partial charge on any atom is -0.506 e. The van der Waals surface area contributed by atoms with Crippen LogP contribution in [-0.4, -0.2) is 35.9 Å². The zero-order chi connectivity index (χ0) is 25.8. The van der Waals surface area contributed by atoms with Gasteiger partial charge in [-0.2, -0.15) is 0 Å². The Balaban J connectivity index is 1.18. The summed E-state index contributed by atoms with van der Waals surface area (Å²) in [5.74, 6) is 0.908. The summed E-state index contributed by atoms with van der Waals surface area (Å²) in [6.07, 6.45) is 7.70. The number of anilines is 2. The summed E-state index contributed by atoms with van der Waals surface area (Å²) in [7, 11) is 5.83. The second kappa shape index (κ2) is 10.6. The number of aryl methyl sites for hydroxylation is 3. The third-order valence-electron chi connectivity index (χ3n) is 6.42. The molecule has 0 saturated carbocycles. The van der Waals surface area contributed by atoms with E-state index in [1.165, 1.54) is 0 Å². The number of pyridine rings is 1. The van der Waals surface area contributed by atoms with Gasteiger partial charge >= 0.3 is 5.95 Å². The number of benzene rings is 2. The first-order valence-electron chi connectivity index (χ1n) is 12.2. The first kappa shape index (κ1) is 24.1. The van der Waals surface area contributed by atoms with E-state index in [0.717, 1.165) is 54.9 Å². The number of piperazine rings is 1. The van der Waals surface area contributed by atoms with Gasteiger partial charge in [0.05, 0.1) is 26.5 Å². The Morgan fingerprint density at radius 3 is 2.08 bits per heavy atom. The molecule has 0 aliphatic carbocycles. The Hall–Kier alpha value is -4.60. The van der Waals surface area contributed by atoms with Gasteiger partial charge in [-0.05, 0) is 42.5 Å². The highest BCUT2D eigenvalue weighted by Crippen LogP contribution is 2.33. The molecule has 1 aliphatic rings. The molecule has 3 heterocycles. The van der Waals surface area contributed by atoms with Crippen LogP contribution in [0.15, 0.2) is 99.8 Å². The van der Waals surface area contributed by atoms with E-state index in [9.17, 15) is 5.11 Å². The number of hydrogen-bond donors (Lipinski definition) is 1. The molecule has 10 nitrogen and oxygen atoms in total. The van der Waals surface area contributed by atoms with E-state index in [1.807, 2.05) is 96.0 Å². The summed E-state index contributed by atoms with van der Waals surface area (Å²) in [5.41, 5.74) is 4.14. The Bertz CT molecular complexity index is 1420. The smallest absolute Gasteiger partial charge is 0.421 e. The van der Waals surface area contributed by atoms with Crippen molar-refractivity contribution in [1.82, 2.24) is 4.57 Å². The molecule has 1 fully saturated rings. The summed E-state index contributed by atoms with van der Waals surface area (Å²) >= 11 is 0. The topological polar surface area (TPSA) is 88.8 Å². The lowest BCUT2D eigenvalue weighted by Gasteiger charge is -2.37. The number of imidazole rings is 1. The number of phenols is 1. The van der Waals surface area contributed by atoms with Gasteiger partial charge in [0.25, 0.3) is 0 Å². The zero-order valence-corrected chi connectivity index (χ0v) is 21.3. The van der Waals surface area contributed by atoms with Gasteiger partial charge in [0.1, 0.15) is 29.9 Å². The summed E-state index contributed by atoms with van der Waals surface area (Å²) < 4.78 is 5.77. The molecule has 0 atom stereocenters. The van der Waals surface area contributed by atoms with Gasteiger partial charge in [-0.1, -0.05) is 5.11 Å². The Morgan fingerprint density at radius 1 is 0.757 bits per heavy atom. The van der Waals surface area contributed by atoms with E-state index in [2.05, 4.69) is 42.4 Å². The van der Waals surface area contributed by atoms with Crippen molar-refractivity contribution in [3.63, 3.8) is 0 Å². The summed E-state index contributed by atoms with van der Waals surface area (Å²) in [6.45, 7) is 3.47. The standard InChI is InChI=1S/C27H30N9O/c1-32-12-4-5-22(20-32)29-30-25-11-10-24(19-26(25)37)36-17-15-35(16-18-36)23-8-6-21(7-9-23)28-31-27-33(2)13-14-34(27)3/h4-14,19-20H,15-18H2,1-3H3/q+1/p+1. The highest BCUT2D eigenvalue weighted by Gasteiger charge is 2.19. The lowest BCUT2D eigenvalue weighted by atomic mass is 10.2. The van der Waals surface area contributed by atoms with Gasteiger partial charge in [0, 0.05) is 54.8 Å². The first-order valence-corrected chi connectivity index (χ1v) is 12.2. The molecule has 1 N–H and O–H groups in total. The van der Waals surface area contributed by atoms with Crippen LogP contribution < -0.4 is 18.9 Å². The minimum atomic E-state index is 0.123. The second-order valence-corrected chi connectivity index (χ2v) is 9.11. The lowest BCUT2D eigenvalue weighted by Crippen LogP contribution is -2.46. The molecule has 1 aliphatic heterocycles. The van der Waals surface area contributed by atoms with Crippen LogP contribution in [0.3, 0.4) is 0 Å². The van der Waals surface area contributed by atoms with Crippen LogP contribution in [-0.2, 0) is 21.1 Å². The molecular weight excluding hydrogens is 466 g/mol. The molecule has 10 heteroatoms. The maximum atomic E-state index is 10.5. The number of aromatic nitrogens is 3. The molecule has 4 aromatic rings. The van der Waals surface area contributed by atoms with E-state index < -0.39 is 0 Å². The van der Waals surface area contributed by atoms with E-state index in [1.54, 1.807) is 6.07 Å². The zero-order valence-electron chi connectivity index (χ0n) is 21.3. The third-order valence-corrected chi connectivity index (χ3v) is 6.42. The number of phenolic OH excluding ortho intramolecular Hbond substituents is 1. The fourth-order valence-corrected chi connectivity index (χ4v) is 4.31. The van der Waals surface area contributed by atoms with Crippen molar-refractivity contribution in [2.24, 2.45) is 41.6 Å². The molecule has 0 amide bonds. The van der Waals surface area contributed by atoms with Crippen LogP contribution in [0.1, 0.15) is 0 Å². The summed E-state index contributed by atoms with van der Waals surface area (Å²) in [4.78, 5) is 4.63. The first-order chi connectivity index (χ1) is 18.0. The van der Waals surface area contributed by atoms with E-state index in [-0.39, 0.29) is 5.75 Å². The third kappa shape index (κ3) is 5.64. The minimum absolute atomic E-state index is 0.123. The van der Waals surface area contributed by atoms with Gasteiger partial charge in [0.2, 0.25) is 0 Å². The average molecular weight is 498 g/mol. The van der Waals surface area contributed by atoms with Crippen molar-refractivity contribution < 1.29 is 14.2 Å². The molecule has 0 spiro atoms. The number of aromatic hydroxyl groups is 1. The predicted octanol–water partition coefficient (Wildman–Crippen LogP) is 4.54. The Morgan fingerprint density at radius 2 is 1.43 bits per heavy atom. The normalized spacial score (nSPS) is 14.2. The van der Waals surface area contributed by atoms with Crippen LogP contribution in [0, 0.1) is 0 Å². The van der Waals surface area contributed by atoms with Crippen molar-refractivity contribution in [3.05, 3.63) is 79.4 Å². The number of azo groups is 2. The van der Waals surface area contributed by atoms with Crippen molar-refractivity contribution in [2.75, 3.05) is 36.0 Å². The van der Waals surface area contributed by atoms with Crippen LogP contribution in [0.5, 0.6) is 5.75 Å².